The van der Waals surface area contributed by atoms with E-state index in [0.29, 0.717) is 17.1 Å². The number of aromatic nitrogens is 2. The van der Waals surface area contributed by atoms with Crippen LogP contribution in [0.15, 0.2) is 53.5 Å². The van der Waals surface area contributed by atoms with E-state index in [2.05, 4.69) is 4.98 Å². The molecule has 0 aliphatic carbocycles. The van der Waals surface area contributed by atoms with Crippen LogP contribution in [0.2, 0.25) is 0 Å². The number of fused-ring (bicyclic) bond motifs is 1. The number of aryl methyl sites for hydroxylation is 2. The summed E-state index contributed by atoms with van der Waals surface area (Å²) in [5.74, 6) is 0.0861. The van der Waals surface area contributed by atoms with Crippen molar-refractivity contribution in [3.8, 4) is 5.75 Å². The lowest BCUT2D eigenvalue weighted by Gasteiger charge is -2.08. The summed E-state index contributed by atoms with van der Waals surface area (Å²) in [6.45, 7) is 3.54. The molecule has 2 heterocycles. The largest absolute Gasteiger partial charge is 0.482 e. The van der Waals surface area contributed by atoms with E-state index in [1.165, 1.54) is 10.5 Å². The second-order valence-corrected chi connectivity index (χ2v) is 5.74. The zero-order valence-corrected chi connectivity index (χ0v) is 14.1. The fourth-order valence-corrected chi connectivity index (χ4v) is 2.43. The molecule has 0 N–H and O–H groups in total. The summed E-state index contributed by atoms with van der Waals surface area (Å²) in [5, 5.41) is 0. The number of carbonyl (C=O) groups excluding carboxylic acids is 1. The van der Waals surface area contributed by atoms with Gasteiger partial charge in [-0.05, 0) is 43.2 Å². The number of benzene rings is 1. The van der Waals surface area contributed by atoms with Gasteiger partial charge in [-0.15, -0.1) is 0 Å². The van der Waals surface area contributed by atoms with E-state index in [4.69, 9.17) is 9.47 Å². The number of carbonyl (C=O) groups is 1. The quantitative estimate of drug-likeness (QED) is 0.668. The molecule has 6 nitrogen and oxygen atoms in total. The monoisotopic (exact) mass is 338 g/mol. The number of hydrogen-bond acceptors (Lipinski definition) is 5. The first kappa shape index (κ1) is 16.7. The molecule has 0 fully saturated rings. The topological polar surface area (TPSA) is 69.9 Å². The van der Waals surface area contributed by atoms with Gasteiger partial charge < -0.3 is 9.47 Å². The van der Waals surface area contributed by atoms with Gasteiger partial charge in [-0.3, -0.25) is 9.20 Å². The van der Waals surface area contributed by atoms with Crippen molar-refractivity contribution in [3.05, 3.63) is 75.8 Å². The number of pyridine rings is 1. The van der Waals surface area contributed by atoms with Crippen molar-refractivity contribution < 1.29 is 14.3 Å². The maximum Gasteiger partial charge on any atom is 0.344 e. The summed E-state index contributed by atoms with van der Waals surface area (Å²) in [4.78, 5) is 28.3. The number of esters is 1. The van der Waals surface area contributed by atoms with Gasteiger partial charge >= 0.3 is 5.97 Å². The summed E-state index contributed by atoms with van der Waals surface area (Å²) in [6, 6.07) is 12.4. The standard InChI is InChI=1S/C19H18N2O4/c1-13-5-3-7-16(9-13)24-12-18(23)25-11-15-10-17(22)21-8-4-6-14(2)19(21)20-15/h3-10H,11-12H2,1-2H3. The molecule has 0 atom stereocenters. The Morgan fingerprint density at radius 3 is 2.80 bits per heavy atom. The van der Waals surface area contributed by atoms with Gasteiger partial charge in [0.2, 0.25) is 0 Å². The van der Waals surface area contributed by atoms with Gasteiger partial charge in [-0.2, -0.15) is 0 Å². The number of nitrogens with zero attached hydrogens (tertiary/aromatic N) is 2. The fourth-order valence-electron chi connectivity index (χ4n) is 2.43. The Balaban J connectivity index is 1.63. The average molecular weight is 338 g/mol. The van der Waals surface area contributed by atoms with Gasteiger partial charge in [0.1, 0.15) is 18.0 Å². The molecule has 0 radical (unpaired) electrons. The lowest BCUT2D eigenvalue weighted by Crippen LogP contribution is -2.19. The summed E-state index contributed by atoms with van der Waals surface area (Å²) in [5.41, 5.74) is 2.66. The van der Waals surface area contributed by atoms with Gasteiger partial charge in [0.15, 0.2) is 6.61 Å². The Hall–Kier alpha value is -3.15. The van der Waals surface area contributed by atoms with E-state index >= 15 is 0 Å². The summed E-state index contributed by atoms with van der Waals surface area (Å²) in [6.07, 6.45) is 1.66. The molecule has 1 aromatic carbocycles. The van der Waals surface area contributed by atoms with Gasteiger partial charge in [0.25, 0.3) is 5.56 Å². The minimum absolute atomic E-state index is 0.0733. The van der Waals surface area contributed by atoms with Gasteiger partial charge in [0.05, 0.1) is 5.69 Å². The molecule has 0 bridgehead atoms. The molecular formula is C19H18N2O4. The molecule has 3 aromatic rings. The zero-order valence-electron chi connectivity index (χ0n) is 14.1. The van der Waals surface area contributed by atoms with E-state index < -0.39 is 5.97 Å². The maximum atomic E-state index is 12.1. The molecule has 128 valence electrons. The van der Waals surface area contributed by atoms with Crippen molar-refractivity contribution in [1.82, 2.24) is 9.38 Å². The van der Waals surface area contributed by atoms with E-state index in [9.17, 15) is 9.59 Å². The van der Waals surface area contributed by atoms with E-state index in [0.717, 1.165) is 11.1 Å². The molecule has 6 heteroatoms. The maximum absolute atomic E-state index is 12.1. The fraction of sp³-hybridized carbons (Fsp3) is 0.211. The van der Waals surface area contributed by atoms with Gasteiger partial charge in [-0.25, -0.2) is 9.78 Å². The van der Waals surface area contributed by atoms with Crippen molar-refractivity contribution in [2.24, 2.45) is 0 Å². The van der Waals surface area contributed by atoms with Crippen molar-refractivity contribution in [2.75, 3.05) is 6.61 Å². The zero-order chi connectivity index (χ0) is 17.8. The predicted octanol–water partition coefficient (Wildman–Crippen LogP) is 2.43. The third-order valence-corrected chi connectivity index (χ3v) is 3.67. The first-order valence-electron chi connectivity index (χ1n) is 7.86. The van der Waals surface area contributed by atoms with Crippen LogP contribution in [0.25, 0.3) is 5.65 Å². The SMILES string of the molecule is Cc1cccc(OCC(=O)OCc2cc(=O)n3cccc(C)c3n2)c1. The Kier molecular flexibility index (Phi) is 4.79. The van der Waals surface area contributed by atoms with E-state index in [-0.39, 0.29) is 18.8 Å². The molecule has 3 rings (SSSR count). The first-order chi connectivity index (χ1) is 12.0. The second-order valence-electron chi connectivity index (χ2n) is 5.74. The van der Waals surface area contributed by atoms with Crippen LogP contribution in [0.4, 0.5) is 0 Å². The third kappa shape index (κ3) is 4.03. The molecule has 0 saturated heterocycles. The normalized spacial score (nSPS) is 10.6. The highest BCUT2D eigenvalue weighted by atomic mass is 16.6. The van der Waals surface area contributed by atoms with Crippen molar-refractivity contribution in [3.63, 3.8) is 0 Å². The Morgan fingerprint density at radius 1 is 1.16 bits per heavy atom. The number of rotatable bonds is 5. The Morgan fingerprint density at radius 2 is 2.00 bits per heavy atom. The van der Waals surface area contributed by atoms with Crippen molar-refractivity contribution in [2.45, 2.75) is 20.5 Å². The molecular weight excluding hydrogens is 320 g/mol. The summed E-state index contributed by atoms with van der Waals surface area (Å²) in [7, 11) is 0. The molecule has 0 spiro atoms. The highest BCUT2D eigenvalue weighted by Gasteiger charge is 2.09. The Labute approximate surface area is 144 Å². The van der Waals surface area contributed by atoms with Crippen LogP contribution in [0.1, 0.15) is 16.8 Å². The van der Waals surface area contributed by atoms with Crippen LogP contribution < -0.4 is 10.3 Å². The van der Waals surface area contributed by atoms with Gasteiger partial charge in [-0.1, -0.05) is 18.2 Å². The number of ether oxygens (including phenoxy) is 2. The molecule has 2 aromatic heterocycles. The lowest BCUT2D eigenvalue weighted by atomic mass is 10.2. The molecule has 25 heavy (non-hydrogen) atoms. The van der Waals surface area contributed by atoms with Gasteiger partial charge in [0, 0.05) is 12.3 Å². The van der Waals surface area contributed by atoms with Crippen LogP contribution in [-0.2, 0) is 16.1 Å². The lowest BCUT2D eigenvalue weighted by molar-refractivity contribution is -0.147. The summed E-state index contributed by atoms with van der Waals surface area (Å²) < 4.78 is 12.0. The van der Waals surface area contributed by atoms with Crippen LogP contribution in [0, 0.1) is 13.8 Å². The average Bonchev–Trinajstić information content (AvgIpc) is 2.59. The highest BCUT2D eigenvalue weighted by molar-refractivity contribution is 5.71. The van der Waals surface area contributed by atoms with Crippen LogP contribution in [0.3, 0.4) is 0 Å². The molecule has 0 aliphatic rings. The molecule has 0 unspecified atom stereocenters. The Bertz CT molecular complexity index is 979. The molecule has 0 saturated carbocycles. The predicted molar refractivity (Wildman–Crippen MR) is 92.7 cm³/mol. The third-order valence-electron chi connectivity index (χ3n) is 3.67. The molecule has 0 amide bonds. The molecule has 0 aliphatic heterocycles. The van der Waals surface area contributed by atoms with Crippen LogP contribution in [0.5, 0.6) is 5.75 Å². The minimum atomic E-state index is -0.520. The van der Waals surface area contributed by atoms with E-state index in [1.807, 2.05) is 38.1 Å². The van der Waals surface area contributed by atoms with Crippen molar-refractivity contribution >= 4 is 11.6 Å². The second kappa shape index (κ2) is 7.17. The van der Waals surface area contributed by atoms with Crippen LogP contribution >= 0.6 is 0 Å². The minimum Gasteiger partial charge on any atom is -0.482 e. The highest BCUT2D eigenvalue weighted by Crippen LogP contribution is 2.12. The summed E-state index contributed by atoms with van der Waals surface area (Å²) >= 11 is 0. The number of hydrogen-bond donors (Lipinski definition) is 0. The smallest absolute Gasteiger partial charge is 0.344 e. The van der Waals surface area contributed by atoms with E-state index in [1.54, 1.807) is 18.3 Å². The van der Waals surface area contributed by atoms with Crippen LogP contribution in [-0.4, -0.2) is 22.0 Å². The van der Waals surface area contributed by atoms with Crippen molar-refractivity contribution in [1.29, 1.82) is 0 Å². The first-order valence-corrected chi connectivity index (χ1v) is 7.86.